The van der Waals surface area contributed by atoms with Gasteiger partial charge in [-0.3, -0.25) is 9.48 Å². The van der Waals surface area contributed by atoms with Crippen LogP contribution in [0.2, 0.25) is 0 Å². The predicted molar refractivity (Wildman–Crippen MR) is 93.3 cm³/mol. The lowest BCUT2D eigenvalue weighted by Gasteiger charge is -2.54. The molecule has 7 heteroatoms. The van der Waals surface area contributed by atoms with Crippen molar-refractivity contribution in [1.82, 2.24) is 15.1 Å². The minimum Gasteiger partial charge on any atom is -0.351 e. The lowest BCUT2D eigenvalue weighted by atomic mass is 9.54. The average Bonchev–Trinajstić information content (AvgIpc) is 2.85. The van der Waals surface area contributed by atoms with E-state index in [1.165, 1.54) is 36.8 Å². The maximum atomic E-state index is 13.0. The summed E-state index contributed by atoms with van der Waals surface area (Å²) in [5.74, 6) is 2.78. The molecule has 4 aliphatic carbocycles. The third kappa shape index (κ3) is 2.92. The van der Waals surface area contributed by atoms with Crippen molar-refractivity contribution in [1.29, 1.82) is 0 Å². The van der Waals surface area contributed by atoms with Gasteiger partial charge in [-0.05, 0) is 85.6 Å². The highest BCUT2D eigenvalue weighted by Gasteiger charge is 2.48. The highest BCUT2D eigenvalue weighted by Crippen LogP contribution is 2.53. The number of rotatable bonds is 4. The third-order valence-electron chi connectivity index (χ3n) is 6.59. The van der Waals surface area contributed by atoms with Gasteiger partial charge in [-0.15, -0.1) is 0 Å². The molecule has 1 aromatic heterocycles. The fourth-order valence-electron chi connectivity index (χ4n) is 5.59. The number of alkyl halides is 2. The highest BCUT2D eigenvalue weighted by molar-refractivity contribution is 9.10. The van der Waals surface area contributed by atoms with Crippen LogP contribution in [0.25, 0.3) is 0 Å². The lowest BCUT2D eigenvalue weighted by molar-refractivity contribution is -0.128. The molecule has 4 saturated carbocycles. The number of aromatic nitrogens is 2. The van der Waals surface area contributed by atoms with E-state index in [2.05, 4.69) is 26.3 Å². The molecule has 0 radical (unpaired) electrons. The molecule has 1 N–H and O–H groups in total. The third-order valence-corrected chi connectivity index (χ3v) is 7.57. The average molecular weight is 416 g/mol. The fraction of sp³-hybridized carbons (Fsp3) is 0.778. The van der Waals surface area contributed by atoms with Crippen molar-refractivity contribution in [2.24, 2.45) is 23.7 Å². The summed E-state index contributed by atoms with van der Waals surface area (Å²) in [6, 6.07) is -0.349. The highest BCUT2D eigenvalue weighted by atomic mass is 79.9. The Bertz CT molecular complexity index is 662. The summed E-state index contributed by atoms with van der Waals surface area (Å²) in [4.78, 5) is 12.8. The molecule has 1 atom stereocenters. The molecule has 25 heavy (non-hydrogen) atoms. The number of hydrogen-bond acceptors (Lipinski definition) is 2. The van der Waals surface area contributed by atoms with Crippen LogP contribution in [-0.2, 0) is 4.79 Å². The first-order chi connectivity index (χ1) is 11.8. The van der Waals surface area contributed by atoms with Crippen molar-refractivity contribution in [3.8, 4) is 0 Å². The van der Waals surface area contributed by atoms with E-state index in [1.807, 2.05) is 0 Å². The van der Waals surface area contributed by atoms with Crippen LogP contribution in [0.3, 0.4) is 0 Å². The Morgan fingerprint density at radius 3 is 2.24 bits per heavy atom. The smallest absolute Gasteiger partial charge is 0.283 e. The Hall–Kier alpha value is -0.980. The minimum absolute atomic E-state index is 0.114. The molecule has 5 rings (SSSR count). The zero-order chi connectivity index (χ0) is 17.9. The van der Waals surface area contributed by atoms with Crippen LogP contribution in [0.5, 0.6) is 0 Å². The molecule has 138 valence electrons. The Morgan fingerprint density at radius 2 is 1.76 bits per heavy atom. The van der Waals surface area contributed by atoms with Gasteiger partial charge in [0.2, 0.25) is 5.91 Å². The molecule has 1 heterocycles. The SMILES string of the molecule is Cc1c(Br)c(C(F)F)nn1[C@@H](C)C(=O)NC1C2CC3CC(C2)CC1C3. The number of carbonyl (C=O) groups excluding carboxylic acids is 1. The maximum absolute atomic E-state index is 13.0. The largest absolute Gasteiger partial charge is 0.351 e. The Labute approximate surface area is 154 Å². The van der Waals surface area contributed by atoms with E-state index in [1.54, 1.807) is 13.8 Å². The molecule has 4 nitrogen and oxygen atoms in total. The summed E-state index contributed by atoms with van der Waals surface area (Å²) in [5, 5.41) is 7.22. The van der Waals surface area contributed by atoms with Crippen molar-refractivity contribution in [3.05, 3.63) is 15.9 Å². The van der Waals surface area contributed by atoms with E-state index in [-0.39, 0.29) is 22.1 Å². The zero-order valence-corrected chi connectivity index (χ0v) is 16.1. The predicted octanol–water partition coefficient (Wildman–Crippen LogP) is 4.39. The molecule has 1 amide bonds. The topological polar surface area (TPSA) is 46.9 Å². The minimum atomic E-state index is -2.66. The number of nitrogens with zero attached hydrogens (tertiary/aromatic N) is 2. The molecular weight excluding hydrogens is 392 g/mol. The van der Waals surface area contributed by atoms with Crippen LogP contribution >= 0.6 is 15.9 Å². The van der Waals surface area contributed by atoms with Crippen molar-refractivity contribution in [2.75, 3.05) is 0 Å². The second-order valence-corrected chi connectivity index (χ2v) is 8.96. The zero-order valence-electron chi connectivity index (χ0n) is 14.5. The molecule has 0 aliphatic heterocycles. The van der Waals surface area contributed by atoms with E-state index < -0.39 is 12.5 Å². The van der Waals surface area contributed by atoms with Gasteiger partial charge in [0.05, 0.1) is 10.2 Å². The van der Waals surface area contributed by atoms with Crippen LogP contribution < -0.4 is 5.32 Å². The monoisotopic (exact) mass is 415 g/mol. The first-order valence-electron chi connectivity index (χ1n) is 9.18. The molecule has 0 unspecified atom stereocenters. The fourth-order valence-corrected chi connectivity index (χ4v) is 6.03. The summed E-state index contributed by atoms with van der Waals surface area (Å²) < 4.78 is 27.8. The van der Waals surface area contributed by atoms with Crippen molar-refractivity contribution in [3.63, 3.8) is 0 Å². The molecule has 0 spiro atoms. The summed E-state index contributed by atoms with van der Waals surface area (Å²) in [6.07, 6.45) is 3.64. The van der Waals surface area contributed by atoms with Gasteiger partial charge in [-0.2, -0.15) is 5.10 Å². The number of hydrogen-bond donors (Lipinski definition) is 1. The second kappa shape index (κ2) is 6.32. The number of nitrogens with one attached hydrogen (secondary N) is 1. The van der Waals surface area contributed by atoms with Gasteiger partial charge in [0.1, 0.15) is 11.7 Å². The van der Waals surface area contributed by atoms with Gasteiger partial charge in [-0.25, -0.2) is 8.78 Å². The van der Waals surface area contributed by atoms with Crippen molar-refractivity contribution < 1.29 is 13.6 Å². The first-order valence-corrected chi connectivity index (χ1v) is 9.97. The standard InChI is InChI=1S/C18H24BrF2N3O/c1-8-14(19)16(17(20)21)23-24(8)9(2)18(25)22-15-12-4-10-3-11(6-12)7-13(15)5-10/h9-13,15,17H,3-7H2,1-2H3,(H,22,25)/t9-,10?,11?,12?,13?,15?/m0/s1. The second-order valence-electron chi connectivity index (χ2n) is 8.17. The Balaban J connectivity index is 1.49. The van der Waals surface area contributed by atoms with Gasteiger partial charge >= 0.3 is 0 Å². The molecule has 4 bridgehead atoms. The maximum Gasteiger partial charge on any atom is 0.283 e. The summed E-state index contributed by atoms with van der Waals surface area (Å²) >= 11 is 3.17. The van der Waals surface area contributed by atoms with E-state index in [9.17, 15) is 13.6 Å². The van der Waals surface area contributed by atoms with E-state index in [0.29, 0.717) is 17.5 Å². The Morgan fingerprint density at radius 1 is 1.20 bits per heavy atom. The van der Waals surface area contributed by atoms with E-state index in [4.69, 9.17) is 0 Å². The first kappa shape index (κ1) is 17.4. The van der Waals surface area contributed by atoms with E-state index in [0.717, 1.165) is 11.8 Å². The van der Waals surface area contributed by atoms with Crippen molar-refractivity contribution in [2.45, 2.75) is 64.5 Å². The summed E-state index contributed by atoms with van der Waals surface area (Å²) in [7, 11) is 0. The van der Waals surface area contributed by atoms with Gasteiger partial charge in [0, 0.05) is 6.04 Å². The quantitative estimate of drug-likeness (QED) is 0.792. The van der Waals surface area contributed by atoms with Crippen LogP contribution in [0.15, 0.2) is 4.47 Å². The van der Waals surface area contributed by atoms with E-state index >= 15 is 0 Å². The van der Waals surface area contributed by atoms with Gasteiger partial charge < -0.3 is 5.32 Å². The van der Waals surface area contributed by atoms with Crippen LogP contribution in [0, 0.1) is 30.6 Å². The van der Waals surface area contributed by atoms with Gasteiger partial charge in [-0.1, -0.05) is 0 Å². The van der Waals surface area contributed by atoms with Crippen LogP contribution in [-0.4, -0.2) is 21.7 Å². The normalized spacial score (nSPS) is 34.6. The van der Waals surface area contributed by atoms with Crippen molar-refractivity contribution >= 4 is 21.8 Å². The van der Waals surface area contributed by atoms with Gasteiger partial charge in [0.15, 0.2) is 0 Å². The summed E-state index contributed by atoms with van der Waals surface area (Å²) in [5.41, 5.74) is 0.259. The van der Waals surface area contributed by atoms with Crippen LogP contribution in [0.1, 0.15) is 62.9 Å². The molecule has 4 fully saturated rings. The lowest BCUT2D eigenvalue weighted by Crippen LogP contribution is -2.56. The molecule has 0 aromatic carbocycles. The van der Waals surface area contributed by atoms with Gasteiger partial charge in [0.25, 0.3) is 6.43 Å². The summed E-state index contributed by atoms with van der Waals surface area (Å²) in [6.45, 7) is 3.43. The molecule has 0 saturated heterocycles. The number of amides is 1. The van der Waals surface area contributed by atoms with Crippen LogP contribution in [0.4, 0.5) is 8.78 Å². The molecular formula is C18H24BrF2N3O. The Kier molecular flexibility index (Phi) is 4.41. The number of halogens is 3. The number of carbonyl (C=O) groups is 1. The molecule has 4 aliphatic rings. The molecule has 1 aromatic rings.